The van der Waals surface area contributed by atoms with Crippen LogP contribution in [0.4, 0.5) is 15.8 Å². The highest BCUT2D eigenvalue weighted by molar-refractivity contribution is 5.65. The van der Waals surface area contributed by atoms with Crippen LogP contribution >= 0.6 is 0 Å². The number of nitro groups is 1. The van der Waals surface area contributed by atoms with Crippen molar-refractivity contribution in [1.82, 2.24) is 0 Å². The summed E-state index contributed by atoms with van der Waals surface area (Å²) in [6.07, 6.45) is 2.12. The Hall–Kier alpha value is -1.89. The lowest BCUT2D eigenvalue weighted by Crippen LogP contribution is -2.22. The monoisotopic (exact) mass is 284 g/mol. The van der Waals surface area contributed by atoms with E-state index in [4.69, 9.17) is 4.74 Å². The lowest BCUT2D eigenvalue weighted by molar-refractivity contribution is -0.386. The summed E-state index contributed by atoms with van der Waals surface area (Å²) in [5.74, 6) is -0.699. The lowest BCUT2D eigenvalue weighted by Gasteiger charge is -2.16. The molecule has 1 aromatic carbocycles. The van der Waals surface area contributed by atoms with Crippen LogP contribution in [0.25, 0.3) is 0 Å². The van der Waals surface area contributed by atoms with E-state index >= 15 is 0 Å². The van der Waals surface area contributed by atoms with E-state index in [2.05, 4.69) is 5.32 Å². The minimum atomic E-state index is -0.941. The Kier molecular flexibility index (Phi) is 4.39. The average Bonchev–Trinajstić information content (AvgIpc) is 2.80. The molecule has 2 unspecified atom stereocenters. The fourth-order valence-corrected chi connectivity index (χ4v) is 2.51. The van der Waals surface area contributed by atoms with E-state index in [1.807, 2.05) is 0 Å². The van der Waals surface area contributed by atoms with Crippen LogP contribution < -0.4 is 10.1 Å². The molecular formula is C13H17FN2O4. The van der Waals surface area contributed by atoms with Crippen molar-refractivity contribution in [3.8, 4) is 5.75 Å². The van der Waals surface area contributed by atoms with Gasteiger partial charge < -0.3 is 15.2 Å². The molecule has 2 rings (SSSR count). The largest absolute Gasteiger partial charge is 0.497 e. The Balaban J connectivity index is 2.20. The molecular weight excluding hydrogens is 267 g/mol. The molecule has 0 radical (unpaired) electrons. The number of nitrogens with zero attached hydrogens (tertiary/aromatic N) is 1. The summed E-state index contributed by atoms with van der Waals surface area (Å²) in [5.41, 5.74) is -0.524. The maximum absolute atomic E-state index is 13.7. The van der Waals surface area contributed by atoms with E-state index in [-0.39, 0.29) is 17.4 Å². The molecule has 0 aromatic heterocycles. The van der Waals surface area contributed by atoms with Gasteiger partial charge in [-0.3, -0.25) is 10.1 Å². The van der Waals surface area contributed by atoms with Crippen molar-refractivity contribution in [3.05, 3.63) is 28.1 Å². The summed E-state index contributed by atoms with van der Waals surface area (Å²) < 4.78 is 18.6. The first-order valence-electron chi connectivity index (χ1n) is 6.46. The van der Waals surface area contributed by atoms with Crippen molar-refractivity contribution in [2.45, 2.75) is 25.4 Å². The van der Waals surface area contributed by atoms with Crippen LogP contribution in [0.5, 0.6) is 5.75 Å². The number of methoxy groups -OCH3 is 1. The fourth-order valence-electron chi connectivity index (χ4n) is 2.51. The molecule has 1 aliphatic carbocycles. The van der Waals surface area contributed by atoms with Crippen molar-refractivity contribution in [3.63, 3.8) is 0 Å². The summed E-state index contributed by atoms with van der Waals surface area (Å²) in [6, 6.07) is 2.37. The SMILES string of the molecule is COc1cc(F)c([N+](=O)[O-])c(NCC2CCCC2O)c1. The molecule has 1 saturated carbocycles. The van der Waals surface area contributed by atoms with Crippen LogP contribution in [0.3, 0.4) is 0 Å². The summed E-state index contributed by atoms with van der Waals surface area (Å²) in [5, 5.41) is 23.5. The van der Waals surface area contributed by atoms with Crippen LogP contribution in [-0.2, 0) is 0 Å². The first-order valence-corrected chi connectivity index (χ1v) is 6.46. The van der Waals surface area contributed by atoms with Crippen molar-refractivity contribution in [2.75, 3.05) is 19.0 Å². The smallest absolute Gasteiger partial charge is 0.327 e. The molecule has 2 atom stereocenters. The third-order valence-electron chi connectivity index (χ3n) is 3.63. The second kappa shape index (κ2) is 6.04. The minimum absolute atomic E-state index is 0.0314. The molecule has 0 spiro atoms. The number of nitrogens with one attached hydrogen (secondary N) is 1. The molecule has 6 nitrogen and oxygen atoms in total. The number of rotatable bonds is 5. The quantitative estimate of drug-likeness (QED) is 0.640. The lowest BCUT2D eigenvalue weighted by atomic mass is 10.1. The molecule has 0 aliphatic heterocycles. The van der Waals surface area contributed by atoms with E-state index in [1.54, 1.807) is 0 Å². The number of nitro benzene ring substituents is 1. The highest BCUT2D eigenvalue weighted by Gasteiger charge is 2.27. The summed E-state index contributed by atoms with van der Waals surface area (Å²) in [4.78, 5) is 10.2. The number of anilines is 1. The molecule has 0 heterocycles. The number of aliphatic hydroxyl groups is 1. The van der Waals surface area contributed by atoms with Crippen LogP contribution in [0.15, 0.2) is 12.1 Å². The predicted octanol–water partition coefficient (Wildman–Crippen LogP) is 2.32. The Morgan fingerprint density at radius 1 is 1.55 bits per heavy atom. The second-order valence-corrected chi connectivity index (χ2v) is 4.90. The summed E-state index contributed by atoms with van der Waals surface area (Å²) >= 11 is 0. The Morgan fingerprint density at radius 2 is 2.30 bits per heavy atom. The van der Waals surface area contributed by atoms with Crippen LogP contribution in [-0.4, -0.2) is 29.8 Å². The van der Waals surface area contributed by atoms with Gasteiger partial charge >= 0.3 is 5.69 Å². The molecule has 7 heteroatoms. The zero-order chi connectivity index (χ0) is 14.7. The van der Waals surface area contributed by atoms with Gasteiger partial charge in [-0.1, -0.05) is 6.42 Å². The maximum atomic E-state index is 13.7. The average molecular weight is 284 g/mol. The van der Waals surface area contributed by atoms with E-state index in [1.165, 1.54) is 13.2 Å². The van der Waals surface area contributed by atoms with Gasteiger partial charge in [0.25, 0.3) is 0 Å². The van der Waals surface area contributed by atoms with Gasteiger partial charge in [0.2, 0.25) is 5.82 Å². The Bertz CT molecular complexity index is 509. The van der Waals surface area contributed by atoms with Gasteiger partial charge in [-0.2, -0.15) is 4.39 Å². The molecule has 0 amide bonds. The van der Waals surface area contributed by atoms with Crippen molar-refractivity contribution >= 4 is 11.4 Å². The number of aliphatic hydroxyl groups excluding tert-OH is 1. The molecule has 1 aromatic rings. The standard InChI is InChI=1S/C13H17FN2O4/c1-20-9-5-10(14)13(16(18)19)11(6-9)15-7-8-3-2-4-12(8)17/h5-6,8,12,15,17H,2-4,7H2,1H3. The normalized spacial score (nSPS) is 21.8. The highest BCUT2D eigenvalue weighted by Crippen LogP contribution is 2.33. The zero-order valence-electron chi connectivity index (χ0n) is 11.1. The molecule has 110 valence electrons. The van der Waals surface area contributed by atoms with Crippen molar-refractivity contribution in [1.29, 1.82) is 0 Å². The number of benzene rings is 1. The van der Waals surface area contributed by atoms with Gasteiger partial charge in [0.05, 0.1) is 18.1 Å². The van der Waals surface area contributed by atoms with E-state index in [9.17, 15) is 19.6 Å². The zero-order valence-corrected chi connectivity index (χ0v) is 11.1. The summed E-state index contributed by atoms with van der Waals surface area (Å²) in [6.45, 7) is 0.370. The Labute approximate surface area is 115 Å². The van der Waals surface area contributed by atoms with Gasteiger partial charge in [0, 0.05) is 24.6 Å². The van der Waals surface area contributed by atoms with Gasteiger partial charge in [0.1, 0.15) is 11.4 Å². The van der Waals surface area contributed by atoms with Gasteiger partial charge in [0.15, 0.2) is 0 Å². The van der Waals surface area contributed by atoms with Gasteiger partial charge in [-0.25, -0.2) is 0 Å². The molecule has 20 heavy (non-hydrogen) atoms. The molecule has 0 saturated heterocycles. The first kappa shape index (κ1) is 14.5. The fraction of sp³-hybridized carbons (Fsp3) is 0.538. The second-order valence-electron chi connectivity index (χ2n) is 4.90. The number of hydrogen-bond acceptors (Lipinski definition) is 5. The highest BCUT2D eigenvalue weighted by atomic mass is 19.1. The Morgan fingerprint density at radius 3 is 2.85 bits per heavy atom. The van der Waals surface area contributed by atoms with Crippen molar-refractivity contribution in [2.24, 2.45) is 5.92 Å². The number of halogens is 1. The minimum Gasteiger partial charge on any atom is -0.497 e. The van der Waals surface area contributed by atoms with E-state index < -0.39 is 22.5 Å². The number of hydrogen-bond donors (Lipinski definition) is 2. The van der Waals surface area contributed by atoms with Gasteiger partial charge in [-0.15, -0.1) is 0 Å². The third kappa shape index (κ3) is 2.98. The van der Waals surface area contributed by atoms with Gasteiger partial charge in [-0.05, 0) is 12.8 Å². The summed E-state index contributed by atoms with van der Waals surface area (Å²) in [7, 11) is 1.37. The molecule has 1 aliphatic rings. The van der Waals surface area contributed by atoms with Crippen LogP contribution in [0, 0.1) is 21.8 Å². The van der Waals surface area contributed by atoms with Crippen molar-refractivity contribution < 1.29 is 19.2 Å². The predicted molar refractivity (Wildman–Crippen MR) is 71.4 cm³/mol. The van der Waals surface area contributed by atoms with E-state index in [0.29, 0.717) is 6.54 Å². The molecule has 0 bridgehead atoms. The topological polar surface area (TPSA) is 84.6 Å². The van der Waals surface area contributed by atoms with Crippen LogP contribution in [0.1, 0.15) is 19.3 Å². The number of ether oxygens (including phenoxy) is 1. The maximum Gasteiger partial charge on any atom is 0.327 e. The van der Waals surface area contributed by atoms with Crippen LogP contribution in [0.2, 0.25) is 0 Å². The molecule has 2 N–H and O–H groups in total. The first-order chi connectivity index (χ1) is 9.52. The molecule has 1 fully saturated rings. The van der Waals surface area contributed by atoms with E-state index in [0.717, 1.165) is 25.3 Å². The third-order valence-corrected chi connectivity index (χ3v) is 3.63.